The van der Waals surface area contributed by atoms with Crippen LogP contribution in [0, 0.1) is 5.92 Å². The van der Waals surface area contributed by atoms with Crippen molar-refractivity contribution in [1.82, 2.24) is 9.97 Å². The van der Waals surface area contributed by atoms with Crippen molar-refractivity contribution in [3.8, 4) is 17.1 Å². The van der Waals surface area contributed by atoms with Gasteiger partial charge in [-0.15, -0.1) is 0 Å². The predicted octanol–water partition coefficient (Wildman–Crippen LogP) is 10.3. The Kier molecular flexibility index (Phi) is 16.9. The number of rotatable bonds is 22. The molecule has 0 aliphatic heterocycles. The maximum Gasteiger partial charge on any atom is 0.159 e. The van der Waals surface area contributed by atoms with Crippen molar-refractivity contribution in [2.75, 3.05) is 6.61 Å². The van der Waals surface area contributed by atoms with Crippen molar-refractivity contribution in [2.45, 2.75) is 136 Å². The molecule has 0 bridgehead atoms. The number of alkyl halides is 1. The largest absolute Gasteiger partial charge is 0.490 e. The fourth-order valence-electron chi connectivity index (χ4n) is 4.85. The number of halogens is 1. The summed E-state index contributed by atoms with van der Waals surface area (Å²) in [5, 5.41) is 0. The molecule has 0 saturated heterocycles. The third-order valence-corrected chi connectivity index (χ3v) is 7.37. The van der Waals surface area contributed by atoms with Gasteiger partial charge in [0, 0.05) is 12.0 Å². The van der Waals surface area contributed by atoms with Crippen LogP contribution in [0.3, 0.4) is 0 Å². The van der Waals surface area contributed by atoms with E-state index in [1.165, 1.54) is 82.6 Å². The van der Waals surface area contributed by atoms with Gasteiger partial charge in [-0.2, -0.15) is 0 Å². The first-order valence-corrected chi connectivity index (χ1v) is 15.3. The van der Waals surface area contributed by atoms with Crippen molar-refractivity contribution in [1.29, 1.82) is 0 Å². The summed E-state index contributed by atoms with van der Waals surface area (Å²) in [7, 11) is 0. The van der Waals surface area contributed by atoms with Gasteiger partial charge in [0.1, 0.15) is 6.17 Å². The van der Waals surface area contributed by atoms with E-state index in [2.05, 4.69) is 55.0 Å². The van der Waals surface area contributed by atoms with E-state index in [4.69, 9.17) is 4.74 Å². The van der Waals surface area contributed by atoms with E-state index < -0.39 is 6.17 Å². The molecule has 0 fully saturated rings. The van der Waals surface area contributed by atoms with Crippen LogP contribution in [0.4, 0.5) is 4.39 Å². The third-order valence-electron chi connectivity index (χ3n) is 7.37. The Morgan fingerprint density at radius 2 is 1.30 bits per heavy atom. The molecule has 2 unspecified atom stereocenters. The fourth-order valence-corrected chi connectivity index (χ4v) is 4.85. The standard InChI is InChI=1S/C33H53FN2O/c1-4-6-8-9-10-11-12-14-18-29-20-22-30(23-21-29)33-35-26-32(27-36-33)37-25-24-31(34)19-15-17-28(3)16-13-7-5-2/h20-23,26-28,31H,4-19,24-25H2,1-3H3. The minimum Gasteiger partial charge on any atom is -0.490 e. The number of hydrogen-bond acceptors (Lipinski definition) is 3. The Hall–Kier alpha value is -1.97. The molecule has 0 aliphatic rings. The highest BCUT2D eigenvalue weighted by Gasteiger charge is 2.10. The predicted molar refractivity (Wildman–Crippen MR) is 156 cm³/mol. The zero-order chi connectivity index (χ0) is 26.6. The molecule has 37 heavy (non-hydrogen) atoms. The van der Waals surface area contributed by atoms with Crippen LogP contribution >= 0.6 is 0 Å². The number of nitrogens with zero attached hydrogens (tertiary/aromatic N) is 2. The first-order chi connectivity index (χ1) is 18.1. The molecule has 2 aromatic rings. The number of aromatic nitrogens is 2. The Bertz CT molecular complexity index is 793. The lowest BCUT2D eigenvalue weighted by atomic mass is 9.96. The minimum atomic E-state index is -0.799. The molecule has 208 valence electrons. The van der Waals surface area contributed by atoms with Gasteiger partial charge in [-0.3, -0.25) is 0 Å². The van der Waals surface area contributed by atoms with Crippen molar-refractivity contribution < 1.29 is 9.13 Å². The van der Waals surface area contributed by atoms with Crippen LogP contribution in [0.2, 0.25) is 0 Å². The topological polar surface area (TPSA) is 35.0 Å². The van der Waals surface area contributed by atoms with E-state index in [0.717, 1.165) is 24.8 Å². The van der Waals surface area contributed by atoms with E-state index in [1.54, 1.807) is 12.4 Å². The second kappa shape index (κ2) is 20.1. The van der Waals surface area contributed by atoms with E-state index in [1.807, 2.05) is 0 Å². The van der Waals surface area contributed by atoms with E-state index in [-0.39, 0.29) is 0 Å². The van der Waals surface area contributed by atoms with Gasteiger partial charge < -0.3 is 4.74 Å². The molecule has 1 aromatic carbocycles. The summed E-state index contributed by atoms with van der Waals surface area (Å²) >= 11 is 0. The second-order valence-electron chi connectivity index (χ2n) is 10.9. The lowest BCUT2D eigenvalue weighted by Crippen LogP contribution is -2.08. The molecule has 1 heterocycles. The smallest absolute Gasteiger partial charge is 0.159 e. The average molecular weight is 513 g/mol. The summed E-state index contributed by atoms with van der Waals surface area (Å²) in [6.07, 6.45) is 22.8. The van der Waals surface area contributed by atoms with Gasteiger partial charge >= 0.3 is 0 Å². The molecule has 0 radical (unpaired) electrons. The summed E-state index contributed by atoms with van der Waals surface area (Å²) in [4.78, 5) is 8.93. The molecular weight excluding hydrogens is 459 g/mol. The van der Waals surface area contributed by atoms with Crippen molar-refractivity contribution in [3.63, 3.8) is 0 Å². The quantitative estimate of drug-likeness (QED) is 0.147. The molecule has 2 rings (SSSR count). The Labute approximate surface area is 227 Å². The number of aryl methyl sites for hydroxylation is 1. The normalized spacial score (nSPS) is 13.0. The molecule has 0 aliphatic carbocycles. The van der Waals surface area contributed by atoms with Crippen molar-refractivity contribution in [3.05, 3.63) is 42.2 Å². The van der Waals surface area contributed by atoms with Crippen LogP contribution < -0.4 is 4.74 Å². The Balaban J connectivity index is 1.60. The van der Waals surface area contributed by atoms with Gasteiger partial charge in [-0.05, 0) is 30.7 Å². The monoisotopic (exact) mass is 512 g/mol. The minimum absolute atomic E-state index is 0.364. The fraction of sp³-hybridized carbons (Fsp3) is 0.697. The number of unbranched alkanes of at least 4 members (excludes halogenated alkanes) is 9. The second-order valence-corrected chi connectivity index (χ2v) is 10.9. The van der Waals surface area contributed by atoms with Crippen LogP contribution in [-0.2, 0) is 6.42 Å². The van der Waals surface area contributed by atoms with Crippen molar-refractivity contribution >= 4 is 0 Å². The average Bonchev–Trinajstić information content (AvgIpc) is 2.91. The number of benzene rings is 1. The molecule has 0 N–H and O–H groups in total. The molecule has 1 aromatic heterocycles. The van der Waals surface area contributed by atoms with Crippen molar-refractivity contribution in [2.24, 2.45) is 5.92 Å². The van der Waals surface area contributed by atoms with Crippen LogP contribution in [0.5, 0.6) is 5.75 Å². The van der Waals surface area contributed by atoms with Gasteiger partial charge in [-0.25, -0.2) is 14.4 Å². The molecule has 0 amide bonds. The Morgan fingerprint density at radius 3 is 1.97 bits per heavy atom. The van der Waals surface area contributed by atoms with E-state index in [0.29, 0.717) is 36.9 Å². The SMILES string of the molecule is CCCCCCCCCCc1ccc(-c2ncc(OCCC(F)CCCC(C)CCCCC)cn2)cc1. The van der Waals surface area contributed by atoms with Gasteiger partial charge in [0.2, 0.25) is 0 Å². The van der Waals surface area contributed by atoms with Gasteiger partial charge in [0.15, 0.2) is 11.6 Å². The van der Waals surface area contributed by atoms with Crippen LogP contribution in [0.15, 0.2) is 36.7 Å². The summed E-state index contributed by atoms with van der Waals surface area (Å²) < 4.78 is 19.9. The number of ether oxygens (including phenoxy) is 1. The first kappa shape index (κ1) is 31.2. The highest BCUT2D eigenvalue weighted by atomic mass is 19.1. The zero-order valence-electron chi connectivity index (χ0n) is 24.0. The molecule has 4 heteroatoms. The van der Waals surface area contributed by atoms with E-state index in [9.17, 15) is 4.39 Å². The van der Waals surface area contributed by atoms with Gasteiger partial charge in [-0.1, -0.05) is 129 Å². The summed E-state index contributed by atoms with van der Waals surface area (Å²) in [5.41, 5.74) is 2.39. The summed E-state index contributed by atoms with van der Waals surface area (Å²) in [5.74, 6) is 2.01. The summed E-state index contributed by atoms with van der Waals surface area (Å²) in [6.45, 7) is 7.16. The van der Waals surface area contributed by atoms with Crippen LogP contribution in [0.1, 0.15) is 129 Å². The summed E-state index contributed by atoms with van der Waals surface area (Å²) in [6, 6.07) is 8.60. The van der Waals surface area contributed by atoms with Gasteiger partial charge in [0.25, 0.3) is 0 Å². The van der Waals surface area contributed by atoms with Gasteiger partial charge in [0.05, 0.1) is 19.0 Å². The maximum absolute atomic E-state index is 14.2. The maximum atomic E-state index is 14.2. The lowest BCUT2D eigenvalue weighted by Gasteiger charge is -2.13. The lowest BCUT2D eigenvalue weighted by molar-refractivity contribution is 0.219. The van der Waals surface area contributed by atoms with Crippen LogP contribution in [-0.4, -0.2) is 22.7 Å². The van der Waals surface area contributed by atoms with Crippen LogP contribution in [0.25, 0.3) is 11.4 Å². The first-order valence-electron chi connectivity index (χ1n) is 15.3. The molecule has 2 atom stereocenters. The molecule has 0 spiro atoms. The highest BCUT2D eigenvalue weighted by Crippen LogP contribution is 2.20. The molecule has 0 saturated carbocycles. The zero-order valence-corrected chi connectivity index (χ0v) is 24.0. The Morgan fingerprint density at radius 1 is 0.703 bits per heavy atom. The number of hydrogen-bond donors (Lipinski definition) is 0. The van der Waals surface area contributed by atoms with E-state index >= 15 is 0 Å². The third kappa shape index (κ3) is 14.5. The highest BCUT2D eigenvalue weighted by molar-refractivity contribution is 5.55. The molecular formula is C33H53FN2O. The molecule has 3 nitrogen and oxygen atoms in total.